The van der Waals surface area contributed by atoms with Crippen LogP contribution in [-0.4, -0.2) is 52.7 Å². The van der Waals surface area contributed by atoms with Gasteiger partial charge in [0.05, 0.1) is 23.2 Å². The number of rotatable bonds is 7. The maximum atomic E-state index is 14.6. The molecular formula is C30H32F6IN3O4. The number of nitrogens with zero attached hydrogens (tertiary/aromatic N) is 3. The van der Waals surface area contributed by atoms with Crippen LogP contribution in [0.1, 0.15) is 46.7 Å². The monoisotopic (exact) mass is 739 g/mol. The Morgan fingerprint density at radius 1 is 1.07 bits per heavy atom. The number of halogens is 7. The normalized spacial score (nSPS) is 15.5. The number of fused-ring (bicyclic) bond motifs is 2. The SMILES string of the molecule is C.CO.COCc1c(C2=CC=CN3C2=CCC3C(=O)c2cc(F)c(F)c(F)c2)c(C(F)(F)F)cc2c1nc(COC)n2C.I. The molecule has 1 N–H and O–H groups in total. The lowest BCUT2D eigenvalue weighted by Gasteiger charge is -2.31. The van der Waals surface area contributed by atoms with Crippen molar-refractivity contribution in [2.45, 2.75) is 39.3 Å². The highest BCUT2D eigenvalue weighted by Crippen LogP contribution is 2.46. The van der Waals surface area contributed by atoms with Gasteiger partial charge >= 0.3 is 6.18 Å². The number of ether oxygens (including phenoxy) is 2. The van der Waals surface area contributed by atoms with E-state index >= 15 is 0 Å². The van der Waals surface area contributed by atoms with E-state index in [1.54, 1.807) is 13.1 Å². The fourth-order valence-corrected chi connectivity index (χ4v) is 5.21. The summed E-state index contributed by atoms with van der Waals surface area (Å²) in [5.41, 5.74) is -0.232. The quantitative estimate of drug-likeness (QED) is 0.123. The van der Waals surface area contributed by atoms with E-state index in [1.165, 1.54) is 42.0 Å². The lowest BCUT2D eigenvalue weighted by molar-refractivity contribution is -0.137. The number of aliphatic hydroxyl groups is 1. The van der Waals surface area contributed by atoms with Gasteiger partial charge in [-0.3, -0.25) is 4.79 Å². The lowest BCUT2D eigenvalue weighted by Crippen LogP contribution is -2.34. The summed E-state index contributed by atoms with van der Waals surface area (Å²) in [6.07, 6.45) is 1.36. The largest absolute Gasteiger partial charge is 0.417 e. The van der Waals surface area contributed by atoms with Crippen molar-refractivity contribution >= 4 is 46.4 Å². The van der Waals surface area contributed by atoms with Crippen LogP contribution in [0.25, 0.3) is 16.6 Å². The minimum absolute atomic E-state index is 0. The van der Waals surface area contributed by atoms with Gasteiger partial charge in [0.15, 0.2) is 23.2 Å². The van der Waals surface area contributed by atoms with Crippen molar-refractivity contribution in [1.29, 1.82) is 0 Å². The van der Waals surface area contributed by atoms with Gasteiger partial charge in [0.1, 0.15) is 18.5 Å². The molecule has 0 saturated heterocycles. The highest BCUT2D eigenvalue weighted by atomic mass is 127. The Hall–Kier alpha value is -3.21. The summed E-state index contributed by atoms with van der Waals surface area (Å²) in [7, 11) is 5.41. The number of aryl methyl sites for hydroxylation is 1. The van der Waals surface area contributed by atoms with Gasteiger partial charge in [-0.25, -0.2) is 18.2 Å². The lowest BCUT2D eigenvalue weighted by atomic mass is 9.89. The first-order valence-electron chi connectivity index (χ1n) is 12.5. The first kappa shape index (κ1) is 37.0. The van der Waals surface area contributed by atoms with Crippen LogP contribution >= 0.6 is 24.0 Å². The molecule has 240 valence electrons. The average Bonchev–Trinajstić information content (AvgIpc) is 3.53. The van der Waals surface area contributed by atoms with Crippen molar-refractivity contribution in [3.05, 3.63) is 93.9 Å². The van der Waals surface area contributed by atoms with E-state index in [0.717, 1.165) is 13.2 Å². The third-order valence-electron chi connectivity index (χ3n) is 7.01. The van der Waals surface area contributed by atoms with Crippen LogP contribution < -0.4 is 0 Å². The highest BCUT2D eigenvalue weighted by molar-refractivity contribution is 14.0. The number of aliphatic hydroxyl groups excluding tert-OH is 1. The van der Waals surface area contributed by atoms with Crippen molar-refractivity contribution in [3.63, 3.8) is 0 Å². The Morgan fingerprint density at radius 3 is 2.25 bits per heavy atom. The van der Waals surface area contributed by atoms with Crippen LogP contribution in [0.3, 0.4) is 0 Å². The van der Waals surface area contributed by atoms with E-state index in [2.05, 4.69) is 4.98 Å². The minimum atomic E-state index is -4.76. The predicted molar refractivity (Wildman–Crippen MR) is 164 cm³/mol. The second-order valence-electron chi connectivity index (χ2n) is 9.38. The van der Waals surface area contributed by atoms with Crippen molar-refractivity contribution < 1.29 is 45.7 Å². The molecule has 2 aliphatic rings. The number of hydrogen-bond donors (Lipinski definition) is 1. The summed E-state index contributed by atoms with van der Waals surface area (Å²) in [4.78, 5) is 19.2. The van der Waals surface area contributed by atoms with E-state index in [-0.39, 0.29) is 73.3 Å². The summed E-state index contributed by atoms with van der Waals surface area (Å²) in [5.74, 6) is -5.02. The molecule has 0 saturated carbocycles. The van der Waals surface area contributed by atoms with Gasteiger partial charge in [-0.05, 0) is 30.7 Å². The molecule has 14 heteroatoms. The second-order valence-corrected chi connectivity index (χ2v) is 9.38. The van der Waals surface area contributed by atoms with Crippen molar-refractivity contribution in [2.24, 2.45) is 7.05 Å². The molecule has 0 aliphatic carbocycles. The number of hydrogen-bond acceptors (Lipinski definition) is 6. The fraction of sp³-hybridized carbons (Fsp3) is 0.333. The fourth-order valence-electron chi connectivity index (χ4n) is 5.21. The molecule has 0 spiro atoms. The summed E-state index contributed by atoms with van der Waals surface area (Å²) in [5, 5.41) is 7.00. The minimum Gasteiger partial charge on any atom is -0.400 e. The molecule has 2 aliphatic heterocycles. The Balaban J connectivity index is 0.00000165. The Kier molecular flexibility index (Phi) is 12.4. The predicted octanol–water partition coefficient (Wildman–Crippen LogP) is 6.92. The number of carbonyl (C=O) groups excluding carboxylic acids is 1. The molecule has 44 heavy (non-hydrogen) atoms. The topological polar surface area (TPSA) is 76.8 Å². The standard InChI is InChI=1S/C28H23F6N3O3.CH4O.CH4.HI/c1-36-22-11-17(28(32,33)34)24(16(12-39-2)26(22)35-23(36)13-40-3)15-5-4-8-37-20(15)6-7-21(37)27(38)14-9-18(29)25(31)19(30)10-14;1-2;;/h4-6,8-11,21H,7,12-13H2,1-3H3;2H,1H3;1H4;1H. The Morgan fingerprint density at radius 2 is 1.68 bits per heavy atom. The number of imidazole rings is 1. The molecule has 7 nitrogen and oxygen atoms in total. The molecule has 3 aromatic rings. The molecule has 1 atom stereocenters. The van der Waals surface area contributed by atoms with Gasteiger partial charge in [-0.15, -0.1) is 24.0 Å². The maximum absolute atomic E-state index is 14.6. The molecule has 2 aromatic carbocycles. The van der Waals surface area contributed by atoms with Gasteiger partial charge in [0.25, 0.3) is 0 Å². The molecule has 0 bridgehead atoms. The Labute approximate surface area is 267 Å². The number of aromatic nitrogens is 2. The summed E-state index contributed by atoms with van der Waals surface area (Å²) < 4.78 is 96.9. The van der Waals surface area contributed by atoms with Gasteiger partial charge in [0, 0.05) is 62.5 Å². The van der Waals surface area contributed by atoms with Gasteiger partial charge in [-0.2, -0.15) is 13.2 Å². The van der Waals surface area contributed by atoms with Gasteiger partial charge in [0.2, 0.25) is 0 Å². The zero-order valence-electron chi connectivity index (χ0n) is 23.4. The van der Waals surface area contributed by atoms with E-state index in [4.69, 9.17) is 14.6 Å². The average molecular weight is 739 g/mol. The maximum Gasteiger partial charge on any atom is 0.417 e. The third-order valence-corrected chi connectivity index (χ3v) is 7.01. The number of allylic oxidation sites excluding steroid dienone is 3. The van der Waals surface area contributed by atoms with Gasteiger partial charge < -0.3 is 24.0 Å². The molecular weight excluding hydrogens is 707 g/mol. The smallest absolute Gasteiger partial charge is 0.400 e. The van der Waals surface area contributed by atoms with Crippen molar-refractivity contribution in [3.8, 4) is 0 Å². The van der Waals surface area contributed by atoms with Crippen LogP contribution in [-0.2, 0) is 35.9 Å². The first-order valence-corrected chi connectivity index (χ1v) is 12.5. The summed E-state index contributed by atoms with van der Waals surface area (Å²) in [6, 6.07) is 1.23. The van der Waals surface area contributed by atoms with Crippen molar-refractivity contribution in [2.75, 3.05) is 21.3 Å². The zero-order chi connectivity index (χ0) is 30.9. The molecule has 1 unspecified atom stereocenters. The van der Waals surface area contributed by atoms with Crippen LogP contribution in [0.4, 0.5) is 26.3 Å². The van der Waals surface area contributed by atoms with Crippen LogP contribution in [0.2, 0.25) is 0 Å². The van der Waals surface area contributed by atoms with Crippen LogP contribution in [0.15, 0.2) is 48.3 Å². The second kappa shape index (κ2) is 14.7. The van der Waals surface area contributed by atoms with Gasteiger partial charge in [-0.1, -0.05) is 19.6 Å². The molecule has 3 heterocycles. The van der Waals surface area contributed by atoms with E-state index in [0.29, 0.717) is 29.2 Å². The Bertz CT molecular complexity index is 1610. The third kappa shape index (κ3) is 6.57. The number of ketones is 1. The van der Waals surface area contributed by atoms with Crippen LogP contribution in [0.5, 0.6) is 0 Å². The summed E-state index contributed by atoms with van der Waals surface area (Å²) in [6.45, 7) is -0.114. The number of benzene rings is 2. The molecule has 1 aromatic heterocycles. The zero-order valence-corrected chi connectivity index (χ0v) is 25.8. The van der Waals surface area contributed by atoms with E-state index in [1.807, 2.05) is 0 Å². The van der Waals surface area contributed by atoms with Crippen molar-refractivity contribution in [1.82, 2.24) is 14.5 Å². The summed E-state index contributed by atoms with van der Waals surface area (Å²) >= 11 is 0. The number of methoxy groups -OCH3 is 2. The first-order chi connectivity index (χ1) is 20.0. The molecule has 5 rings (SSSR count). The highest BCUT2D eigenvalue weighted by Gasteiger charge is 2.41. The molecule has 0 radical (unpaired) electrons. The molecule has 0 amide bonds. The number of alkyl halides is 3. The number of Topliss-reactive ketones (excluding diaryl/α,β-unsaturated/α-hetero) is 1. The van der Waals surface area contributed by atoms with Crippen LogP contribution in [0, 0.1) is 17.5 Å². The number of carbonyl (C=O) groups is 1. The van der Waals surface area contributed by atoms with E-state index < -0.39 is 46.6 Å². The molecule has 0 fully saturated rings. The van der Waals surface area contributed by atoms with E-state index in [9.17, 15) is 31.1 Å².